The Kier molecular flexibility index (Phi) is 7.42. The van der Waals surface area contributed by atoms with Gasteiger partial charge in [-0.2, -0.15) is 0 Å². The van der Waals surface area contributed by atoms with E-state index in [2.05, 4.69) is 121 Å². The Hall–Kier alpha value is -7.63. The molecule has 0 bridgehead atoms. The summed E-state index contributed by atoms with van der Waals surface area (Å²) < 4.78 is 13.3. The van der Waals surface area contributed by atoms with Gasteiger partial charge in [-0.25, -0.2) is 15.0 Å². The summed E-state index contributed by atoms with van der Waals surface area (Å²) in [5.41, 5.74) is 12.5. The first-order valence-electron chi connectivity index (χ1n) is 18.7. The lowest BCUT2D eigenvalue weighted by Crippen LogP contribution is -2.00. The first kappa shape index (κ1) is 31.9. The number of furan rings is 2. The van der Waals surface area contributed by atoms with E-state index in [9.17, 15) is 0 Å². The lowest BCUT2D eigenvalue weighted by atomic mass is 9.93. The monoisotopic (exact) mass is 717 g/mol. The van der Waals surface area contributed by atoms with E-state index in [-0.39, 0.29) is 0 Å². The highest BCUT2D eigenvalue weighted by molar-refractivity contribution is 6.18. The minimum atomic E-state index is 0.570. The molecule has 11 aromatic rings. The van der Waals surface area contributed by atoms with Crippen LogP contribution in [0.25, 0.3) is 111 Å². The van der Waals surface area contributed by atoms with E-state index in [1.54, 1.807) is 0 Å². The van der Waals surface area contributed by atoms with Gasteiger partial charge in [-0.3, -0.25) is 0 Å². The Morgan fingerprint density at radius 1 is 0.286 bits per heavy atom. The second-order valence-corrected chi connectivity index (χ2v) is 14.0. The maximum Gasteiger partial charge on any atom is 0.164 e. The summed E-state index contributed by atoms with van der Waals surface area (Å²) in [6.07, 6.45) is 0. The van der Waals surface area contributed by atoms with E-state index in [4.69, 9.17) is 23.8 Å². The Labute approximate surface area is 322 Å². The molecule has 262 valence electrons. The lowest BCUT2D eigenvalue weighted by molar-refractivity contribution is 0.669. The maximum atomic E-state index is 6.66. The first-order chi connectivity index (χ1) is 27.7. The van der Waals surface area contributed by atoms with E-state index in [1.807, 2.05) is 66.7 Å². The number of aromatic nitrogens is 3. The van der Waals surface area contributed by atoms with Crippen LogP contribution in [0.2, 0.25) is 0 Å². The Morgan fingerprint density at radius 3 is 1.61 bits per heavy atom. The highest BCUT2D eigenvalue weighted by Crippen LogP contribution is 2.44. The zero-order valence-corrected chi connectivity index (χ0v) is 30.1. The standard InChI is InChI=1S/C51H31N3O2/c1-4-14-32(15-5-1)35-20-12-21-36(28-35)50-52-49(34-18-8-3-9-19-34)53-51(54-50)37-26-27-41-46(31-37)55-45-25-13-23-40(47(41)45)43-30-38(33-16-6-2-7-17-33)29-42-39-22-10-11-24-44(39)56-48(42)43/h1-31H. The van der Waals surface area contributed by atoms with Crippen molar-refractivity contribution in [3.8, 4) is 67.5 Å². The fourth-order valence-corrected chi connectivity index (χ4v) is 7.83. The van der Waals surface area contributed by atoms with Gasteiger partial charge in [0.25, 0.3) is 0 Å². The third-order valence-corrected chi connectivity index (χ3v) is 10.5. The van der Waals surface area contributed by atoms with Crippen LogP contribution >= 0.6 is 0 Å². The van der Waals surface area contributed by atoms with Crippen molar-refractivity contribution in [2.24, 2.45) is 0 Å². The number of benzene rings is 8. The smallest absolute Gasteiger partial charge is 0.164 e. The second-order valence-electron chi connectivity index (χ2n) is 14.0. The Morgan fingerprint density at radius 2 is 0.857 bits per heavy atom. The van der Waals surface area contributed by atoms with E-state index in [0.717, 1.165) is 93.9 Å². The molecule has 0 N–H and O–H groups in total. The fourth-order valence-electron chi connectivity index (χ4n) is 7.83. The van der Waals surface area contributed by atoms with Crippen LogP contribution in [-0.4, -0.2) is 15.0 Å². The van der Waals surface area contributed by atoms with E-state index in [0.29, 0.717) is 17.5 Å². The molecule has 3 aromatic heterocycles. The molecule has 8 aromatic carbocycles. The highest BCUT2D eigenvalue weighted by atomic mass is 16.3. The van der Waals surface area contributed by atoms with Crippen molar-refractivity contribution >= 4 is 43.9 Å². The van der Waals surface area contributed by atoms with Gasteiger partial charge in [0.15, 0.2) is 17.5 Å². The summed E-state index contributed by atoms with van der Waals surface area (Å²) in [6, 6.07) is 64.5. The number of rotatable bonds is 6. The molecule has 0 radical (unpaired) electrons. The molecule has 0 spiro atoms. The van der Waals surface area contributed by atoms with E-state index < -0.39 is 0 Å². The summed E-state index contributed by atoms with van der Waals surface area (Å²) >= 11 is 0. The molecule has 3 heterocycles. The molecule has 11 rings (SSSR count). The molecular weight excluding hydrogens is 687 g/mol. The van der Waals surface area contributed by atoms with Crippen LogP contribution in [0.5, 0.6) is 0 Å². The zero-order chi connectivity index (χ0) is 37.0. The normalized spacial score (nSPS) is 11.6. The van der Waals surface area contributed by atoms with Gasteiger partial charge in [0.2, 0.25) is 0 Å². The predicted molar refractivity (Wildman–Crippen MR) is 227 cm³/mol. The van der Waals surface area contributed by atoms with Crippen LogP contribution in [0.4, 0.5) is 0 Å². The topological polar surface area (TPSA) is 65.0 Å². The number of hydrogen-bond acceptors (Lipinski definition) is 5. The molecular formula is C51H31N3O2. The summed E-state index contributed by atoms with van der Waals surface area (Å²) in [6.45, 7) is 0. The van der Waals surface area contributed by atoms with Crippen LogP contribution in [-0.2, 0) is 0 Å². The number of para-hydroxylation sites is 1. The molecule has 56 heavy (non-hydrogen) atoms. The van der Waals surface area contributed by atoms with Crippen LogP contribution in [0.1, 0.15) is 0 Å². The number of hydrogen-bond donors (Lipinski definition) is 0. The zero-order valence-electron chi connectivity index (χ0n) is 30.1. The summed E-state index contributed by atoms with van der Waals surface area (Å²) in [5.74, 6) is 1.78. The molecule has 5 heteroatoms. The van der Waals surface area contributed by atoms with Gasteiger partial charge in [0, 0.05) is 43.8 Å². The second kappa shape index (κ2) is 13.0. The van der Waals surface area contributed by atoms with Gasteiger partial charge < -0.3 is 8.83 Å². The van der Waals surface area contributed by atoms with Crippen molar-refractivity contribution in [3.05, 3.63) is 188 Å². The average Bonchev–Trinajstić information content (AvgIpc) is 3.85. The lowest BCUT2D eigenvalue weighted by Gasteiger charge is -2.10. The van der Waals surface area contributed by atoms with Crippen LogP contribution < -0.4 is 0 Å². The van der Waals surface area contributed by atoms with Gasteiger partial charge in [0.1, 0.15) is 22.3 Å². The van der Waals surface area contributed by atoms with Crippen LogP contribution in [0.3, 0.4) is 0 Å². The minimum Gasteiger partial charge on any atom is -0.456 e. The quantitative estimate of drug-likeness (QED) is 0.171. The molecule has 0 atom stereocenters. The SMILES string of the molecule is c1ccc(-c2cccc(-c3nc(-c4ccccc4)nc(-c4ccc5c(c4)oc4cccc(-c6cc(-c7ccccc7)cc7c6oc6ccccc67)c45)n3)c2)cc1. The Bertz CT molecular complexity index is 3240. The molecule has 0 saturated carbocycles. The average molecular weight is 718 g/mol. The third kappa shape index (κ3) is 5.45. The Balaban J connectivity index is 1.08. The molecule has 0 amide bonds. The van der Waals surface area contributed by atoms with Crippen molar-refractivity contribution in [2.45, 2.75) is 0 Å². The molecule has 0 aliphatic heterocycles. The minimum absolute atomic E-state index is 0.570. The van der Waals surface area contributed by atoms with Gasteiger partial charge >= 0.3 is 0 Å². The maximum absolute atomic E-state index is 6.66. The number of nitrogens with zero attached hydrogens (tertiary/aromatic N) is 3. The van der Waals surface area contributed by atoms with Gasteiger partial charge in [-0.1, -0.05) is 146 Å². The molecule has 0 fully saturated rings. The summed E-state index contributed by atoms with van der Waals surface area (Å²) in [4.78, 5) is 15.1. The van der Waals surface area contributed by atoms with Gasteiger partial charge in [-0.05, 0) is 70.3 Å². The van der Waals surface area contributed by atoms with Crippen molar-refractivity contribution in [1.29, 1.82) is 0 Å². The van der Waals surface area contributed by atoms with Crippen molar-refractivity contribution in [1.82, 2.24) is 15.0 Å². The number of fused-ring (bicyclic) bond motifs is 6. The van der Waals surface area contributed by atoms with Crippen molar-refractivity contribution < 1.29 is 8.83 Å². The fraction of sp³-hybridized carbons (Fsp3) is 0. The van der Waals surface area contributed by atoms with E-state index >= 15 is 0 Å². The van der Waals surface area contributed by atoms with Gasteiger partial charge in [0.05, 0.1) is 0 Å². The third-order valence-electron chi connectivity index (χ3n) is 10.5. The first-order valence-corrected chi connectivity index (χ1v) is 18.7. The van der Waals surface area contributed by atoms with E-state index in [1.165, 1.54) is 0 Å². The molecule has 0 aliphatic rings. The summed E-state index contributed by atoms with van der Waals surface area (Å²) in [5, 5.41) is 4.20. The summed E-state index contributed by atoms with van der Waals surface area (Å²) in [7, 11) is 0. The van der Waals surface area contributed by atoms with Gasteiger partial charge in [-0.15, -0.1) is 0 Å². The molecule has 0 aliphatic carbocycles. The van der Waals surface area contributed by atoms with Crippen molar-refractivity contribution in [2.75, 3.05) is 0 Å². The van der Waals surface area contributed by atoms with Crippen LogP contribution in [0, 0.1) is 0 Å². The molecule has 0 unspecified atom stereocenters. The van der Waals surface area contributed by atoms with Crippen molar-refractivity contribution in [3.63, 3.8) is 0 Å². The van der Waals surface area contributed by atoms with Crippen LogP contribution in [0.15, 0.2) is 197 Å². The predicted octanol–water partition coefficient (Wildman–Crippen LogP) is 13.7. The highest BCUT2D eigenvalue weighted by Gasteiger charge is 2.21. The molecule has 0 saturated heterocycles. The largest absolute Gasteiger partial charge is 0.456 e. The molecule has 5 nitrogen and oxygen atoms in total.